The normalized spacial score (nSPS) is 17.4. The zero-order valence-corrected chi connectivity index (χ0v) is 12.3. The number of sulfonamides is 1. The van der Waals surface area contributed by atoms with Crippen LogP contribution in [0.1, 0.15) is 18.9 Å². The lowest BCUT2D eigenvalue weighted by Gasteiger charge is -2.20. The summed E-state index contributed by atoms with van der Waals surface area (Å²) in [6.45, 7) is 1.02. The first kappa shape index (κ1) is 15.7. The molecule has 0 aromatic heterocycles. The summed E-state index contributed by atoms with van der Waals surface area (Å²) in [6.07, 6.45) is 1.54. The molecule has 0 saturated heterocycles. The number of carboxylic acid groups (broad SMARTS) is 1. The minimum absolute atomic E-state index is 0.0212. The smallest absolute Gasteiger partial charge is 0.336 e. The van der Waals surface area contributed by atoms with Gasteiger partial charge in [-0.3, -0.25) is 0 Å². The Morgan fingerprint density at radius 2 is 2.19 bits per heavy atom. The monoisotopic (exact) mass is 315 g/mol. The Balaban J connectivity index is 2.18. The molecule has 1 aromatic carbocycles. The number of hydrogen-bond acceptors (Lipinski definition) is 5. The number of aryl methyl sites for hydroxylation is 1. The van der Waals surface area contributed by atoms with Crippen LogP contribution in [0.15, 0.2) is 23.1 Å². The van der Waals surface area contributed by atoms with Crippen LogP contribution < -0.4 is 9.46 Å². The van der Waals surface area contributed by atoms with E-state index in [-0.39, 0.29) is 4.90 Å². The number of aliphatic hydroxyl groups is 1. The van der Waals surface area contributed by atoms with Crippen molar-refractivity contribution >= 4 is 16.0 Å². The van der Waals surface area contributed by atoms with Crippen molar-refractivity contribution in [2.24, 2.45) is 0 Å². The maximum Gasteiger partial charge on any atom is 0.336 e. The molecule has 0 spiro atoms. The zero-order valence-electron chi connectivity index (χ0n) is 11.5. The Labute approximate surface area is 122 Å². The molecule has 0 radical (unpaired) electrons. The molecule has 0 aliphatic carbocycles. The topological polar surface area (TPSA) is 113 Å². The van der Waals surface area contributed by atoms with Crippen molar-refractivity contribution in [3.05, 3.63) is 23.8 Å². The number of nitrogens with one attached hydrogen (secondary N) is 1. The standard InChI is InChI=1S/C13H17NO6S/c1-13(17,12(15)16)8-14-21(18,19)10-4-5-11-9(7-10)3-2-6-20-11/h4-5,7,14,17H,2-3,6,8H2,1H3,(H,15,16). The molecule has 2 rings (SSSR count). The van der Waals surface area contributed by atoms with Gasteiger partial charge in [0, 0.05) is 0 Å². The van der Waals surface area contributed by atoms with Gasteiger partial charge >= 0.3 is 5.97 Å². The highest BCUT2D eigenvalue weighted by molar-refractivity contribution is 7.89. The summed E-state index contributed by atoms with van der Waals surface area (Å²) in [5.41, 5.74) is -1.36. The molecule has 0 fully saturated rings. The second-order valence-corrected chi connectivity index (χ2v) is 6.89. The quantitative estimate of drug-likeness (QED) is 0.711. The van der Waals surface area contributed by atoms with Gasteiger partial charge < -0.3 is 14.9 Å². The number of carbonyl (C=O) groups is 1. The van der Waals surface area contributed by atoms with Crippen LogP contribution in [-0.2, 0) is 21.2 Å². The fraction of sp³-hybridized carbons (Fsp3) is 0.462. The van der Waals surface area contributed by atoms with Crippen LogP contribution in [0.5, 0.6) is 5.75 Å². The Morgan fingerprint density at radius 3 is 2.86 bits per heavy atom. The predicted octanol–water partition coefficient (Wildman–Crippen LogP) is 0.125. The molecule has 1 aromatic rings. The second-order valence-electron chi connectivity index (χ2n) is 5.13. The number of aliphatic carboxylic acids is 1. The van der Waals surface area contributed by atoms with E-state index in [4.69, 9.17) is 9.84 Å². The molecule has 8 heteroatoms. The van der Waals surface area contributed by atoms with Gasteiger partial charge in [0.1, 0.15) is 5.75 Å². The first-order chi connectivity index (χ1) is 9.72. The first-order valence-electron chi connectivity index (χ1n) is 6.43. The Kier molecular flexibility index (Phi) is 4.22. The highest BCUT2D eigenvalue weighted by Gasteiger charge is 2.32. The molecule has 0 amide bonds. The fourth-order valence-corrected chi connectivity index (χ4v) is 3.08. The summed E-state index contributed by atoms with van der Waals surface area (Å²) < 4.78 is 31.8. The molecule has 1 unspecified atom stereocenters. The molecule has 0 bridgehead atoms. The van der Waals surface area contributed by atoms with E-state index in [0.29, 0.717) is 12.4 Å². The van der Waals surface area contributed by atoms with Crippen LogP contribution in [0, 0.1) is 0 Å². The van der Waals surface area contributed by atoms with Gasteiger partial charge in [-0.15, -0.1) is 0 Å². The zero-order chi connectivity index (χ0) is 15.7. The molecular formula is C13H17NO6S. The highest BCUT2D eigenvalue weighted by Crippen LogP contribution is 2.27. The average Bonchev–Trinajstić information content (AvgIpc) is 2.45. The minimum Gasteiger partial charge on any atom is -0.493 e. The predicted molar refractivity (Wildman–Crippen MR) is 73.7 cm³/mol. The summed E-state index contributed by atoms with van der Waals surface area (Å²) in [5.74, 6) is -0.832. The van der Waals surface area contributed by atoms with Crippen LogP contribution in [0.25, 0.3) is 0 Å². The molecule has 3 N–H and O–H groups in total. The van der Waals surface area contributed by atoms with Crippen molar-refractivity contribution in [3.63, 3.8) is 0 Å². The van der Waals surface area contributed by atoms with E-state index in [0.717, 1.165) is 25.3 Å². The number of ether oxygens (including phenoxy) is 1. The first-order valence-corrected chi connectivity index (χ1v) is 7.92. The lowest BCUT2D eigenvalue weighted by molar-refractivity contribution is -0.155. The van der Waals surface area contributed by atoms with Gasteiger partial charge in [-0.05, 0) is 43.5 Å². The van der Waals surface area contributed by atoms with Crippen molar-refractivity contribution in [3.8, 4) is 5.75 Å². The van der Waals surface area contributed by atoms with Crippen molar-refractivity contribution in [2.45, 2.75) is 30.3 Å². The molecule has 1 heterocycles. The summed E-state index contributed by atoms with van der Waals surface area (Å²) in [6, 6.07) is 4.48. The van der Waals surface area contributed by atoms with E-state index >= 15 is 0 Å². The minimum atomic E-state index is -3.89. The van der Waals surface area contributed by atoms with Crippen molar-refractivity contribution < 1.29 is 28.2 Å². The van der Waals surface area contributed by atoms with Crippen LogP contribution >= 0.6 is 0 Å². The van der Waals surface area contributed by atoms with Crippen molar-refractivity contribution in [2.75, 3.05) is 13.2 Å². The van der Waals surface area contributed by atoms with Crippen LogP contribution in [0.3, 0.4) is 0 Å². The van der Waals surface area contributed by atoms with Crippen LogP contribution in [-0.4, -0.2) is 43.4 Å². The molecule has 0 saturated carbocycles. The van der Waals surface area contributed by atoms with E-state index in [9.17, 15) is 18.3 Å². The van der Waals surface area contributed by atoms with Crippen LogP contribution in [0.2, 0.25) is 0 Å². The molecule has 7 nitrogen and oxygen atoms in total. The van der Waals surface area contributed by atoms with E-state index in [1.54, 1.807) is 6.07 Å². The summed E-state index contributed by atoms with van der Waals surface area (Å²) in [7, 11) is -3.89. The number of benzene rings is 1. The van der Waals surface area contributed by atoms with Gasteiger partial charge in [-0.1, -0.05) is 0 Å². The lowest BCUT2D eigenvalue weighted by Crippen LogP contribution is -2.46. The molecule has 1 aliphatic rings. The number of hydrogen-bond donors (Lipinski definition) is 3. The summed E-state index contributed by atoms with van der Waals surface area (Å²) >= 11 is 0. The number of carboxylic acids is 1. The Bertz CT molecular complexity index is 653. The van der Waals surface area contributed by atoms with Crippen molar-refractivity contribution in [1.82, 2.24) is 4.72 Å². The van der Waals surface area contributed by atoms with Gasteiger partial charge in [0.2, 0.25) is 10.0 Å². The van der Waals surface area contributed by atoms with Gasteiger partial charge in [-0.2, -0.15) is 0 Å². The van der Waals surface area contributed by atoms with Crippen LogP contribution in [0.4, 0.5) is 0 Å². The number of fused-ring (bicyclic) bond motifs is 1. The third-order valence-electron chi connectivity index (χ3n) is 3.26. The average molecular weight is 315 g/mol. The molecule has 116 valence electrons. The number of rotatable bonds is 5. The third-order valence-corrected chi connectivity index (χ3v) is 4.66. The molecule has 1 aliphatic heterocycles. The van der Waals surface area contributed by atoms with Gasteiger partial charge in [-0.25, -0.2) is 17.9 Å². The van der Waals surface area contributed by atoms with E-state index < -0.39 is 28.1 Å². The van der Waals surface area contributed by atoms with Crippen molar-refractivity contribution in [1.29, 1.82) is 0 Å². The van der Waals surface area contributed by atoms with E-state index in [2.05, 4.69) is 4.72 Å². The highest BCUT2D eigenvalue weighted by atomic mass is 32.2. The summed E-state index contributed by atoms with van der Waals surface area (Å²) in [4.78, 5) is 10.8. The Morgan fingerprint density at radius 1 is 1.48 bits per heavy atom. The SMILES string of the molecule is CC(O)(CNS(=O)(=O)c1ccc2c(c1)CCCO2)C(=O)O. The Hall–Kier alpha value is -1.64. The fourth-order valence-electron chi connectivity index (χ4n) is 1.90. The summed E-state index contributed by atoms with van der Waals surface area (Å²) in [5, 5.41) is 18.3. The maximum atomic E-state index is 12.1. The maximum absolute atomic E-state index is 12.1. The molecule has 1 atom stereocenters. The van der Waals surface area contributed by atoms with Gasteiger partial charge in [0.05, 0.1) is 18.0 Å². The van der Waals surface area contributed by atoms with E-state index in [1.165, 1.54) is 12.1 Å². The molecule has 21 heavy (non-hydrogen) atoms. The lowest BCUT2D eigenvalue weighted by atomic mass is 10.1. The van der Waals surface area contributed by atoms with E-state index in [1.807, 2.05) is 0 Å². The van der Waals surface area contributed by atoms with Gasteiger partial charge in [0.15, 0.2) is 5.60 Å². The third kappa shape index (κ3) is 3.52. The second kappa shape index (κ2) is 5.63. The van der Waals surface area contributed by atoms with Gasteiger partial charge in [0.25, 0.3) is 0 Å². The largest absolute Gasteiger partial charge is 0.493 e. The molecular weight excluding hydrogens is 298 g/mol.